The fourth-order valence-corrected chi connectivity index (χ4v) is 1.62. The number of aryl methyl sites for hydroxylation is 1. The van der Waals surface area contributed by atoms with Crippen molar-refractivity contribution in [1.29, 1.82) is 0 Å². The van der Waals surface area contributed by atoms with Gasteiger partial charge in [0, 0.05) is 6.42 Å². The molecule has 98 valence electrons. The zero-order valence-electron chi connectivity index (χ0n) is 10.8. The quantitative estimate of drug-likeness (QED) is 0.748. The number of carbonyl (C=O) groups is 2. The molecule has 0 heterocycles. The first-order valence-corrected chi connectivity index (χ1v) is 5.94. The van der Waals surface area contributed by atoms with Gasteiger partial charge in [0.15, 0.2) is 0 Å². The molecule has 0 fully saturated rings. The van der Waals surface area contributed by atoms with E-state index in [9.17, 15) is 9.59 Å². The largest absolute Gasteiger partial charge is 0.465 e. The van der Waals surface area contributed by atoms with Crippen LogP contribution >= 0.6 is 0 Å². The number of ether oxygens (including phenoxy) is 1. The predicted molar refractivity (Wildman–Crippen MR) is 69.0 cm³/mol. The van der Waals surface area contributed by atoms with Crippen molar-refractivity contribution in [1.82, 2.24) is 5.32 Å². The van der Waals surface area contributed by atoms with Gasteiger partial charge in [-0.3, -0.25) is 9.59 Å². The Morgan fingerprint density at radius 2 is 2.00 bits per heavy atom. The molecule has 1 rings (SSSR count). The van der Waals surface area contributed by atoms with E-state index in [0.717, 1.165) is 5.56 Å². The molecule has 1 aromatic carbocycles. The van der Waals surface area contributed by atoms with Crippen molar-refractivity contribution in [3.8, 4) is 0 Å². The lowest BCUT2D eigenvalue weighted by Gasteiger charge is -2.24. The van der Waals surface area contributed by atoms with Gasteiger partial charge in [-0.25, -0.2) is 0 Å². The Hall–Kier alpha value is -1.84. The minimum Gasteiger partial charge on any atom is -0.465 e. The van der Waals surface area contributed by atoms with E-state index in [4.69, 9.17) is 0 Å². The fourth-order valence-electron chi connectivity index (χ4n) is 1.62. The average molecular weight is 249 g/mol. The Morgan fingerprint density at radius 3 is 2.61 bits per heavy atom. The van der Waals surface area contributed by atoms with E-state index in [1.165, 1.54) is 0 Å². The highest BCUT2D eigenvalue weighted by Gasteiger charge is 2.20. The SMILES string of the molecule is CC(C)(COC=O)NC(=O)CCc1ccccc1. The molecule has 1 N–H and O–H groups in total. The van der Waals surface area contributed by atoms with Crippen molar-refractivity contribution >= 4 is 12.4 Å². The summed E-state index contributed by atoms with van der Waals surface area (Å²) in [7, 11) is 0. The van der Waals surface area contributed by atoms with Gasteiger partial charge >= 0.3 is 0 Å². The van der Waals surface area contributed by atoms with Crippen LogP contribution in [-0.2, 0) is 20.7 Å². The summed E-state index contributed by atoms with van der Waals surface area (Å²) < 4.78 is 4.67. The first-order valence-electron chi connectivity index (χ1n) is 5.94. The van der Waals surface area contributed by atoms with E-state index in [1.54, 1.807) is 0 Å². The minimum absolute atomic E-state index is 0.0432. The summed E-state index contributed by atoms with van der Waals surface area (Å²) in [5, 5.41) is 2.84. The summed E-state index contributed by atoms with van der Waals surface area (Å²) >= 11 is 0. The molecule has 0 aliphatic carbocycles. The van der Waals surface area contributed by atoms with Crippen molar-refractivity contribution in [2.45, 2.75) is 32.2 Å². The molecule has 0 atom stereocenters. The molecule has 0 radical (unpaired) electrons. The van der Waals surface area contributed by atoms with Crippen LogP contribution in [0.25, 0.3) is 0 Å². The molecule has 0 aromatic heterocycles. The number of hydrogen-bond donors (Lipinski definition) is 1. The van der Waals surface area contributed by atoms with Crippen LogP contribution in [0.3, 0.4) is 0 Å². The number of carbonyl (C=O) groups excluding carboxylic acids is 2. The van der Waals surface area contributed by atoms with Crippen LogP contribution < -0.4 is 5.32 Å². The second-order valence-corrected chi connectivity index (χ2v) is 4.82. The number of amides is 1. The molecular weight excluding hydrogens is 230 g/mol. The summed E-state index contributed by atoms with van der Waals surface area (Å²) in [6.45, 7) is 4.19. The van der Waals surface area contributed by atoms with Gasteiger partial charge in [0.25, 0.3) is 6.47 Å². The van der Waals surface area contributed by atoms with Crippen LogP contribution in [0.1, 0.15) is 25.8 Å². The Labute approximate surface area is 107 Å². The van der Waals surface area contributed by atoms with E-state index < -0.39 is 5.54 Å². The highest BCUT2D eigenvalue weighted by Crippen LogP contribution is 2.06. The maximum absolute atomic E-state index is 11.7. The molecule has 0 bridgehead atoms. The van der Waals surface area contributed by atoms with Gasteiger partial charge in [-0.05, 0) is 25.8 Å². The highest BCUT2D eigenvalue weighted by atomic mass is 16.5. The first kappa shape index (κ1) is 14.2. The van der Waals surface area contributed by atoms with Gasteiger partial charge in [-0.1, -0.05) is 30.3 Å². The van der Waals surface area contributed by atoms with Gasteiger partial charge in [0.1, 0.15) is 6.61 Å². The van der Waals surface area contributed by atoms with E-state index in [1.807, 2.05) is 44.2 Å². The monoisotopic (exact) mass is 249 g/mol. The minimum atomic E-state index is -0.533. The average Bonchev–Trinajstić information content (AvgIpc) is 2.35. The number of rotatable bonds is 7. The van der Waals surface area contributed by atoms with Crippen molar-refractivity contribution in [3.63, 3.8) is 0 Å². The molecule has 0 saturated heterocycles. The van der Waals surface area contributed by atoms with Gasteiger partial charge in [0.2, 0.25) is 5.91 Å². The molecule has 0 aliphatic rings. The summed E-state index contributed by atoms with van der Waals surface area (Å²) in [5.74, 6) is -0.0432. The summed E-state index contributed by atoms with van der Waals surface area (Å²) in [6.07, 6.45) is 1.13. The third-order valence-corrected chi connectivity index (χ3v) is 2.47. The predicted octanol–water partition coefficient (Wildman–Crippen LogP) is 1.69. The highest BCUT2D eigenvalue weighted by molar-refractivity contribution is 5.77. The third-order valence-electron chi connectivity index (χ3n) is 2.47. The number of hydrogen-bond acceptors (Lipinski definition) is 3. The zero-order chi connectivity index (χ0) is 13.4. The van der Waals surface area contributed by atoms with Crippen molar-refractivity contribution in [2.24, 2.45) is 0 Å². The van der Waals surface area contributed by atoms with E-state index in [2.05, 4.69) is 10.1 Å². The van der Waals surface area contributed by atoms with Crippen molar-refractivity contribution in [3.05, 3.63) is 35.9 Å². The molecule has 18 heavy (non-hydrogen) atoms. The summed E-state index contributed by atoms with van der Waals surface area (Å²) in [6, 6.07) is 9.84. The maximum atomic E-state index is 11.7. The molecule has 1 amide bonds. The van der Waals surface area contributed by atoms with Crippen LogP contribution in [-0.4, -0.2) is 24.5 Å². The summed E-state index contributed by atoms with van der Waals surface area (Å²) in [5.41, 5.74) is 0.601. The lowest BCUT2D eigenvalue weighted by molar-refractivity contribution is -0.132. The lowest BCUT2D eigenvalue weighted by atomic mass is 10.1. The zero-order valence-corrected chi connectivity index (χ0v) is 10.8. The van der Waals surface area contributed by atoms with Crippen LogP contribution in [0, 0.1) is 0 Å². The molecular formula is C14H19NO3. The second kappa shape index (κ2) is 6.79. The molecule has 0 saturated carbocycles. The lowest BCUT2D eigenvalue weighted by Crippen LogP contribution is -2.47. The Bertz CT molecular complexity index is 387. The molecule has 4 heteroatoms. The molecule has 0 spiro atoms. The standard InChI is InChI=1S/C14H19NO3/c1-14(2,10-18-11-16)15-13(17)9-8-12-6-4-3-5-7-12/h3-7,11H,8-10H2,1-2H3,(H,15,17). The van der Waals surface area contributed by atoms with Crippen LogP contribution in [0.4, 0.5) is 0 Å². The topological polar surface area (TPSA) is 55.4 Å². The molecule has 0 unspecified atom stereocenters. The van der Waals surface area contributed by atoms with E-state index in [-0.39, 0.29) is 12.5 Å². The second-order valence-electron chi connectivity index (χ2n) is 4.82. The Morgan fingerprint density at radius 1 is 1.33 bits per heavy atom. The van der Waals surface area contributed by atoms with Gasteiger partial charge in [-0.2, -0.15) is 0 Å². The summed E-state index contributed by atoms with van der Waals surface area (Å²) in [4.78, 5) is 21.9. The van der Waals surface area contributed by atoms with E-state index >= 15 is 0 Å². The normalized spacial score (nSPS) is 10.8. The van der Waals surface area contributed by atoms with Gasteiger partial charge < -0.3 is 10.1 Å². The number of nitrogens with one attached hydrogen (secondary N) is 1. The van der Waals surface area contributed by atoms with Crippen LogP contribution in [0.2, 0.25) is 0 Å². The van der Waals surface area contributed by atoms with Crippen LogP contribution in [0.15, 0.2) is 30.3 Å². The van der Waals surface area contributed by atoms with Gasteiger partial charge in [-0.15, -0.1) is 0 Å². The van der Waals surface area contributed by atoms with Crippen LogP contribution in [0.5, 0.6) is 0 Å². The molecule has 4 nitrogen and oxygen atoms in total. The maximum Gasteiger partial charge on any atom is 0.293 e. The smallest absolute Gasteiger partial charge is 0.293 e. The number of benzene rings is 1. The third kappa shape index (κ3) is 5.48. The fraction of sp³-hybridized carbons (Fsp3) is 0.429. The van der Waals surface area contributed by atoms with Gasteiger partial charge in [0.05, 0.1) is 5.54 Å². The Kier molecular flexibility index (Phi) is 5.36. The van der Waals surface area contributed by atoms with E-state index in [0.29, 0.717) is 19.3 Å². The van der Waals surface area contributed by atoms with Crippen molar-refractivity contribution < 1.29 is 14.3 Å². The molecule has 0 aliphatic heterocycles. The van der Waals surface area contributed by atoms with Crippen molar-refractivity contribution in [2.75, 3.05) is 6.61 Å². The molecule has 1 aromatic rings. The Balaban J connectivity index is 2.35. The first-order chi connectivity index (χ1) is 8.53.